The van der Waals surface area contributed by atoms with Gasteiger partial charge in [-0.1, -0.05) is 44.5 Å². The van der Waals surface area contributed by atoms with Crippen molar-refractivity contribution in [1.82, 2.24) is 5.32 Å². The van der Waals surface area contributed by atoms with E-state index in [0.717, 1.165) is 5.92 Å². The molecule has 0 spiro atoms. The third kappa shape index (κ3) is 2.30. The monoisotopic (exact) mass is 217 g/mol. The summed E-state index contributed by atoms with van der Waals surface area (Å²) in [7, 11) is 0. The van der Waals surface area contributed by atoms with Gasteiger partial charge in [-0.2, -0.15) is 0 Å². The number of rotatable bonds is 4. The molecule has 1 aliphatic rings. The molecule has 1 aromatic rings. The highest BCUT2D eigenvalue weighted by molar-refractivity contribution is 5.34. The molecule has 0 fully saturated rings. The van der Waals surface area contributed by atoms with Crippen LogP contribution in [0.1, 0.15) is 50.8 Å². The molecule has 0 saturated heterocycles. The maximum absolute atomic E-state index is 3.79. The van der Waals surface area contributed by atoms with Gasteiger partial charge in [0.05, 0.1) is 0 Å². The quantitative estimate of drug-likeness (QED) is 0.811. The largest absolute Gasteiger partial charge is 0.307 e. The van der Waals surface area contributed by atoms with Crippen molar-refractivity contribution in [3.63, 3.8) is 0 Å². The molecular weight excluding hydrogens is 194 g/mol. The van der Waals surface area contributed by atoms with Crippen LogP contribution in [0.3, 0.4) is 0 Å². The Morgan fingerprint density at radius 2 is 2.06 bits per heavy atom. The van der Waals surface area contributed by atoms with Gasteiger partial charge in [-0.25, -0.2) is 0 Å². The van der Waals surface area contributed by atoms with Gasteiger partial charge >= 0.3 is 0 Å². The van der Waals surface area contributed by atoms with Crippen LogP contribution >= 0.6 is 0 Å². The van der Waals surface area contributed by atoms with Crippen LogP contribution in [0, 0.1) is 5.92 Å². The normalized spacial score (nSPS) is 22.8. The molecule has 1 nitrogen and oxygen atoms in total. The van der Waals surface area contributed by atoms with Gasteiger partial charge in [-0.05, 0) is 36.8 Å². The number of hydrogen-bond acceptors (Lipinski definition) is 1. The molecule has 0 bridgehead atoms. The van der Waals surface area contributed by atoms with Crippen molar-refractivity contribution in [3.05, 3.63) is 35.4 Å². The molecule has 3 atom stereocenters. The van der Waals surface area contributed by atoms with E-state index < -0.39 is 0 Å². The van der Waals surface area contributed by atoms with Gasteiger partial charge < -0.3 is 5.32 Å². The summed E-state index contributed by atoms with van der Waals surface area (Å²) in [6.07, 6.45) is 3.75. The molecule has 1 aliphatic carbocycles. The Labute approximate surface area is 99.3 Å². The summed E-state index contributed by atoms with van der Waals surface area (Å²) in [5, 5.41) is 3.79. The molecule has 1 heteroatoms. The van der Waals surface area contributed by atoms with Crippen LogP contribution in [0.2, 0.25) is 0 Å². The lowest BCUT2D eigenvalue weighted by atomic mass is 9.99. The van der Waals surface area contributed by atoms with Crippen LogP contribution in [-0.2, 0) is 6.42 Å². The summed E-state index contributed by atoms with van der Waals surface area (Å²) in [4.78, 5) is 0. The van der Waals surface area contributed by atoms with Crippen LogP contribution < -0.4 is 5.32 Å². The zero-order chi connectivity index (χ0) is 11.5. The van der Waals surface area contributed by atoms with Crippen molar-refractivity contribution in [2.24, 2.45) is 5.92 Å². The summed E-state index contributed by atoms with van der Waals surface area (Å²) in [5.41, 5.74) is 3.06. The molecule has 3 unspecified atom stereocenters. The molecule has 0 heterocycles. The maximum Gasteiger partial charge on any atom is 0.0328 e. The molecule has 0 aliphatic heterocycles. The molecule has 0 radical (unpaired) electrons. The molecule has 88 valence electrons. The number of nitrogens with one attached hydrogen (secondary N) is 1. The van der Waals surface area contributed by atoms with E-state index in [-0.39, 0.29) is 0 Å². The van der Waals surface area contributed by atoms with Gasteiger partial charge in [0.1, 0.15) is 0 Å². The average Bonchev–Trinajstić information content (AvgIpc) is 2.72. The zero-order valence-electron chi connectivity index (χ0n) is 10.7. The van der Waals surface area contributed by atoms with E-state index in [2.05, 4.69) is 50.4 Å². The van der Waals surface area contributed by atoms with Crippen molar-refractivity contribution in [1.29, 1.82) is 0 Å². The minimum atomic E-state index is 0.584. The molecule has 0 saturated carbocycles. The standard InChI is InChI=1S/C15H23N/c1-4-11(2)12(3)16-15-10-9-13-7-5-6-8-14(13)15/h5-8,11-12,15-16H,4,9-10H2,1-3H3. The van der Waals surface area contributed by atoms with Crippen LogP contribution in [-0.4, -0.2) is 6.04 Å². The minimum absolute atomic E-state index is 0.584. The minimum Gasteiger partial charge on any atom is -0.307 e. The van der Waals surface area contributed by atoms with E-state index in [4.69, 9.17) is 0 Å². The highest BCUT2D eigenvalue weighted by Gasteiger charge is 2.24. The fourth-order valence-corrected chi connectivity index (χ4v) is 2.57. The number of benzene rings is 1. The van der Waals surface area contributed by atoms with Crippen LogP contribution in [0.25, 0.3) is 0 Å². The number of hydrogen-bond donors (Lipinski definition) is 1. The van der Waals surface area contributed by atoms with E-state index >= 15 is 0 Å². The van der Waals surface area contributed by atoms with E-state index in [1.807, 2.05) is 0 Å². The SMILES string of the molecule is CCC(C)C(C)NC1CCc2ccccc21. The maximum atomic E-state index is 3.79. The van der Waals surface area contributed by atoms with Gasteiger partial charge in [-0.15, -0.1) is 0 Å². The van der Waals surface area contributed by atoms with E-state index in [9.17, 15) is 0 Å². The van der Waals surface area contributed by atoms with Gasteiger partial charge in [0.25, 0.3) is 0 Å². The van der Waals surface area contributed by atoms with Crippen LogP contribution in [0.5, 0.6) is 0 Å². The molecule has 1 N–H and O–H groups in total. The highest BCUT2D eigenvalue weighted by atomic mass is 15.0. The van der Waals surface area contributed by atoms with Gasteiger partial charge in [0.2, 0.25) is 0 Å². The molecule has 1 aromatic carbocycles. The Morgan fingerprint density at radius 3 is 2.81 bits per heavy atom. The Hall–Kier alpha value is -0.820. The Kier molecular flexibility index (Phi) is 3.65. The lowest BCUT2D eigenvalue weighted by Crippen LogP contribution is -2.34. The molecule has 2 rings (SSSR count). The molecule has 16 heavy (non-hydrogen) atoms. The van der Waals surface area contributed by atoms with Crippen molar-refractivity contribution in [2.45, 2.75) is 52.1 Å². The fraction of sp³-hybridized carbons (Fsp3) is 0.600. The molecule has 0 amide bonds. The second-order valence-corrected chi connectivity index (χ2v) is 5.13. The first-order valence-electron chi connectivity index (χ1n) is 6.56. The number of aryl methyl sites for hydroxylation is 1. The van der Waals surface area contributed by atoms with Crippen LogP contribution in [0.4, 0.5) is 0 Å². The lowest BCUT2D eigenvalue weighted by Gasteiger charge is -2.24. The summed E-state index contributed by atoms with van der Waals surface area (Å²) >= 11 is 0. The first-order valence-corrected chi connectivity index (χ1v) is 6.56. The van der Waals surface area contributed by atoms with Crippen molar-refractivity contribution in [3.8, 4) is 0 Å². The Balaban J connectivity index is 2.03. The fourth-order valence-electron chi connectivity index (χ4n) is 2.57. The predicted octanol–water partition coefficient (Wildman–Crippen LogP) is 3.70. The van der Waals surface area contributed by atoms with Gasteiger partial charge in [-0.3, -0.25) is 0 Å². The lowest BCUT2D eigenvalue weighted by molar-refractivity contribution is 0.349. The van der Waals surface area contributed by atoms with E-state index in [1.54, 1.807) is 0 Å². The van der Waals surface area contributed by atoms with Gasteiger partial charge in [0.15, 0.2) is 0 Å². The second-order valence-electron chi connectivity index (χ2n) is 5.13. The summed E-state index contributed by atoms with van der Waals surface area (Å²) < 4.78 is 0. The summed E-state index contributed by atoms with van der Waals surface area (Å²) in [5.74, 6) is 0.757. The third-order valence-electron chi connectivity index (χ3n) is 4.09. The summed E-state index contributed by atoms with van der Waals surface area (Å²) in [6.45, 7) is 6.92. The third-order valence-corrected chi connectivity index (χ3v) is 4.09. The molecular formula is C15H23N. The first kappa shape index (κ1) is 11.7. The second kappa shape index (κ2) is 5.01. The molecule has 0 aromatic heterocycles. The average molecular weight is 217 g/mol. The van der Waals surface area contributed by atoms with Crippen molar-refractivity contribution in [2.75, 3.05) is 0 Å². The van der Waals surface area contributed by atoms with E-state index in [0.29, 0.717) is 12.1 Å². The van der Waals surface area contributed by atoms with Crippen molar-refractivity contribution < 1.29 is 0 Å². The smallest absolute Gasteiger partial charge is 0.0328 e. The Bertz CT molecular complexity index is 345. The number of fused-ring (bicyclic) bond motifs is 1. The van der Waals surface area contributed by atoms with Crippen molar-refractivity contribution >= 4 is 0 Å². The van der Waals surface area contributed by atoms with E-state index in [1.165, 1.54) is 30.4 Å². The highest BCUT2D eigenvalue weighted by Crippen LogP contribution is 2.31. The first-order chi connectivity index (χ1) is 7.72. The summed E-state index contributed by atoms with van der Waals surface area (Å²) in [6, 6.07) is 10.1. The van der Waals surface area contributed by atoms with Crippen LogP contribution in [0.15, 0.2) is 24.3 Å². The topological polar surface area (TPSA) is 12.0 Å². The van der Waals surface area contributed by atoms with Gasteiger partial charge in [0, 0.05) is 12.1 Å². The Morgan fingerprint density at radius 1 is 1.31 bits per heavy atom. The zero-order valence-corrected chi connectivity index (χ0v) is 10.7. The predicted molar refractivity (Wildman–Crippen MR) is 69.6 cm³/mol.